The molecule has 2 atom stereocenters. The van der Waals surface area contributed by atoms with E-state index >= 15 is 0 Å². The first-order chi connectivity index (χ1) is 7.73. The van der Waals surface area contributed by atoms with E-state index in [0.717, 1.165) is 12.8 Å². The lowest BCUT2D eigenvalue weighted by atomic mass is 9.62. The molecule has 0 heterocycles. The number of rotatable bonds is 7. The molecular formula is C15H26O2. The monoisotopic (exact) mass is 238 g/mol. The van der Waals surface area contributed by atoms with Gasteiger partial charge >= 0.3 is 5.97 Å². The summed E-state index contributed by atoms with van der Waals surface area (Å²) in [7, 11) is 0. The molecule has 2 nitrogen and oxygen atoms in total. The highest BCUT2D eigenvalue weighted by Crippen LogP contribution is 2.46. The lowest BCUT2D eigenvalue weighted by molar-refractivity contribution is -0.154. The lowest BCUT2D eigenvalue weighted by Crippen LogP contribution is -2.42. The fraction of sp³-hybridized carbons (Fsp3) is 0.667. The summed E-state index contributed by atoms with van der Waals surface area (Å²) in [6.07, 6.45) is 6.29. The summed E-state index contributed by atoms with van der Waals surface area (Å²) in [5, 5.41) is 9.44. The van der Waals surface area contributed by atoms with Gasteiger partial charge < -0.3 is 5.11 Å². The summed E-state index contributed by atoms with van der Waals surface area (Å²) in [5.41, 5.74) is 0.147. The van der Waals surface area contributed by atoms with Crippen molar-refractivity contribution in [1.29, 1.82) is 0 Å². The Bertz CT molecular complexity index is 313. The minimum atomic E-state index is -0.746. The third kappa shape index (κ3) is 3.45. The zero-order valence-electron chi connectivity index (χ0n) is 11.8. The number of aliphatic carboxylic acids is 1. The number of hydrogen-bond donors (Lipinski definition) is 1. The van der Waals surface area contributed by atoms with Crippen LogP contribution in [0.2, 0.25) is 0 Å². The SMILES string of the molecule is C=C[C@](C)(CCC=C(C)C)[C@@](C)(CC)C(=O)O. The molecule has 0 rings (SSSR count). The lowest BCUT2D eigenvalue weighted by Gasteiger charge is -2.41. The maximum absolute atomic E-state index is 11.5. The highest BCUT2D eigenvalue weighted by atomic mass is 16.4. The maximum Gasteiger partial charge on any atom is 0.310 e. The molecule has 1 N–H and O–H groups in total. The van der Waals surface area contributed by atoms with Gasteiger partial charge in [-0.2, -0.15) is 0 Å². The molecule has 0 aliphatic heterocycles. The summed E-state index contributed by atoms with van der Waals surface area (Å²) in [6.45, 7) is 13.7. The fourth-order valence-electron chi connectivity index (χ4n) is 2.06. The van der Waals surface area contributed by atoms with Crippen LogP contribution in [0.4, 0.5) is 0 Å². The summed E-state index contributed by atoms with van der Waals surface area (Å²) < 4.78 is 0. The molecule has 0 aromatic heterocycles. The minimum Gasteiger partial charge on any atom is -0.481 e. The van der Waals surface area contributed by atoms with Crippen LogP contribution >= 0.6 is 0 Å². The number of allylic oxidation sites excluding steroid dienone is 3. The van der Waals surface area contributed by atoms with Crippen LogP contribution in [0, 0.1) is 10.8 Å². The van der Waals surface area contributed by atoms with Gasteiger partial charge in [-0.3, -0.25) is 4.79 Å². The van der Waals surface area contributed by atoms with Crippen LogP contribution in [0.5, 0.6) is 0 Å². The summed E-state index contributed by atoms with van der Waals surface area (Å²) in [5.74, 6) is -0.736. The molecule has 0 aliphatic carbocycles. The molecule has 17 heavy (non-hydrogen) atoms. The molecule has 98 valence electrons. The van der Waals surface area contributed by atoms with Gasteiger partial charge in [-0.25, -0.2) is 0 Å². The number of carboxylic acids is 1. The van der Waals surface area contributed by atoms with Gasteiger partial charge in [-0.05, 0) is 40.0 Å². The van der Waals surface area contributed by atoms with Gasteiger partial charge in [0.15, 0.2) is 0 Å². The first-order valence-corrected chi connectivity index (χ1v) is 6.24. The molecule has 0 spiro atoms. The van der Waals surface area contributed by atoms with Crippen LogP contribution < -0.4 is 0 Å². The van der Waals surface area contributed by atoms with E-state index in [1.165, 1.54) is 5.57 Å². The second-order valence-corrected chi connectivity index (χ2v) is 5.43. The Morgan fingerprint density at radius 2 is 1.88 bits per heavy atom. The Kier molecular flexibility index (Phi) is 5.67. The van der Waals surface area contributed by atoms with Crippen molar-refractivity contribution >= 4 is 5.97 Å². The van der Waals surface area contributed by atoms with Gasteiger partial charge in [0, 0.05) is 5.41 Å². The van der Waals surface area contributed by atoms with E-state index < -0.39 is 11.4 Å². The normalized spacial score (nSPS) is 17.7. The van der Waals surface area contributed by atoms with Gasteiger partial charge in [0.1, 0.15) is 0 Å². The van der Waals surface area contributed by atoms with E-state index in [0.29, 0.717) is 6.42 Å². The second kappa shape index (κ2) is 6.04. The molecule has 0 bridgehead atoms. The maximum atomic E-state index is 11.5. The molecule has 0 fully saturated rings. The summed E-state index contributed by atoms with van der Waals surface area (Å²) in [4.78, 5) is 11.5. The molecule has 2 heteroatoms. The van der Waals surface area contributed by atoms with Gasteiger partial charge in [0.2, 0.25) is 0 Å². The van der Waals surface area contributed by atoms with Crippen molar-refractivity contribution in [2.75, 3.05) is 0 Å². The minimum absolute atomic E-state index is 0.375. The Morgan fingerprint density at radius 1 is 1.35 bits per heavy atom. The van der Waals surface area contributed by atoms with Crippen LogP contribution in [0.15, 0.2) is 24.3 Å². The molecule has 0 radical (unpaired) electrons. The Labute approximate surface area is 105 Å². The third-order valence-corrected chi connectivity index (χ3v) is 4.11. The number of carboxylic acid groups (broad SMARTS) is 1. The zero-order chi connectivity index (χ0) is 13.7. The van der Waals surface area contributed by atoms with E-state index in [2.05, 4.69) is 26.5 Å². The molecule has 0 amide bonds. The summed E-state index contributed by atoms with van der Waals surface area (Å²) in [6, 6.07) is 0. The smallest absolute Gasteiger partial charge is 0.310 e. The predicted molar refractivity (Wildman–Crippen MR) is 73.0 cm³/mol. The molecule has 0 saturated carbocycles. The van der Waals surface area contributed by atoms with Crippen molar-refractivity contribution in [3.8, 4) is 0 Å². The van der Waals surface area contributed by atoms with E-state index in [9.17, 15) is 9.90 Å². The largest absolute Gasteiger partial charge is 0.481 e. The average molecular weight is 238 g/mol. The standard InChI is InChI=1S/C15H26O2/c1-7-14(5,11-9-10-12(3)4)15(6,8-2)13(16)17/h7,10H,1,8-9,11H2,2-6H3,(H,16,17)/t14-,15+/m1/s1. The number of hydrogen-bond acceptors (Lipinski definition) is 1. The van der Waals surface area contributed by atoms with E-state index in [-0.39, 0.29) is 5.41 Å². The molecule has 0 aliphatic rings. The van der Waals surface area contributed by atoms with Crippen molar-refractivity contribution in [3.63, 3.8) is 0 Å². The van der Waals surface area contributed by atoms with Crippen molar-refractivity contribution in [2.45, 2.75) is 53.9 Å². The quantitative estimate of drug-likeness (QED) is 0.666. The van der Waals surface area contributed by atoms with Crippen molar-refractivity contribution in [1.82, 2.24) is 0 Å². The molecule has 0 unspecified atom stereocenters. The van der Waals surface area contributed by atoms with Gasteiger partial charge in [-0.15, -0.1) is 6.58 Å². The Morgan fingerprint density at radius 3 is 2.18 bits per heavy atom. The van der Waals surface area contributed by atoms with E-state index in [4.69, 9.17) is 0 Å². The number of carbonyl (C=O) groups is 1. The molecule has 0 aromatic carbocycles. The summed E-state index contributed by atoms with van der Waals surface area (Å²) >= 11 is 0. The fourth-order valence-corrected chi connectivity index (χ4v) is 2.06. The first kappa shape index (κ1) is 16.0. The highest BCUT2D eigenvalue weighted by molar-refractivity contribution is 5.75. The topological polar surface area (TPSA) is 37.3 Å². The predicted octanol–water partition coefficient (Wildman–Crippen LogP) is 4.43. The van der Waals surface area contributed by atoms with Crippen LogP contribution in [-0.4, -0.2) is 11.1 Å². The van der Waals surface area contributed by atoms with Crippen molar-refractivity contribution < 1.29 is 9.90 Å². The van der Waals surface area contributed by atoms with Crippen LogP contribution in [0.3, 0.4) is 0 Å². The molecular weight excluding hydrogens is 212 g/mol. The van der Waals surface area contributed by atoms with E-state index in [1.54, 1.807) is 0 Å². The van der Waals surface area contributed by atoms with Crippen molar-refractivity contribution in [2.24, 2.45) is 10.8 Å². The Balaban J connectivity index is 5.05. The molecule has 0 saturated heterocycles. The van der Waals surface area contributed by atoms with E-state index in [1.807, 2.05) is 26.8 Å². The second-order valence-electron chi connectivity index (χ2n) is 5.43. The van der Waals surface area contributed by atoms with Gasteiger partial charge in [-0.1, -0.05) is 31.6 Å². The van der Waals surface area contributed by atoms with Crippen LogP contribution in [0.1, 0.15) is 53.9 Å². The zero-order valence-corrected chi connectivity index (χ0v) is 11.8. The molecule has 0 aromatic rings. The highest BCUT2D eigenvalue weighted by Gasteiger charge is 2.46. The van der Waals surface area contributed by atoms with Crippen LogP contribution in [0.25, 0.3) is 0 Å². The van der Waals surface area contributed by atoms with Crippen LogP contribution in [-0.2, 0) is 4.79 Å². The average Bonchev–Trinajstić information content (AvgIpc) is 2.26. The Hall–Kier alpha value is -1.05. The first-order valence-electron chi connectivity index (χ1n) is 6.24. The van der Waals surface area contributed by atoms with Gasteiger partial charge in [0.25, 0.3) is 0 Å². The van der Waals surface area contributed by atoms with Crippen molar-refractivity contribution in [3.05, 3.63) is 24.3 Å². The third-order valence-electron chi connectivity index (χ3n) is 4.11. The van der Waals surface area contributed by atoms with Gasteiger partial charge in [0.05, 0.1) is 5.41 Å².